The molecule has 0 radical (unpaired) electrons. The average Bonchev–Trinajstić information content (AvgIpc) is 3.42. The van der Waals surface area contributed by atoms with E-state index in [1.807, 2.05) is 0 Å². The van der Waals surface area contributed by atoms with Gasteiger partial charge in [-0.15, -0.1) is 0 Å². The zero-order chi connectivity index (χ0) is 23.4. The fraction of sp³-hybridized carbons (Fsp3) is 0.250. The maximum absolute atomic E-state index is 3.88. The average molecular weight is 522 g/mol. The van der Waals surface area contributed by atoms with E-state index in [1.54, 1.807) is 0 Å². The van der Waals surface area contributed by atoms with Crippen LogP contribution >= 0.6 is 15.9 Å². The van der Waals surface area contributed by atoms with Crippen molar-refractivity contribution in [1.82, 2.24) is 4.57 Å². The van der Waals surface area contributed by atoms with Gasteiger partial charge in [0.1, 0.15) is 0 Å². The number of hydrogen-bond donors (Lipinski definition) is 0. The summed E-state index contributed by atoms with van der Waals surface area (Å²) < 4.78 is 3.68. The summed E-state index contributed by atoms with van der Waals surface area (Å²) >= 11 is 3.88. The molecule has 174 valence electrons. The molecule has 0 spiro atoms. The van der Waals surface area contributed by atoms with Gasteiger partial charge in [-0.2, -0.15) is 0 Å². The predicted molar refractivity (Wildman–Crippen MR) is 152 cm³/mol. The number of nitrogens with zero attached hydrogens (tertiary/aromatic N) is 2. The standard InChI is InChI=1S/C32H29BrN2/c33-32-21-24-19-22(15-17-29(24)35(32)26-11-5-2-6-12-26)23-16-18-31-28(20-23)27-13-7-8-14-30(27)34(31)25-9-3-1-4-10-25/h2-3,5-14,16,18,20-22,24,29H,1,4,15,17,19H2. The van der Waals surface area contributed by atoms with E-state index in [9.17, 15) is 0 Å². The summed E-state index contributed by atoms with van der Waals surface area (Å²) in [4.78, 5) is 2.50. The van der Waals surface area contributed by atoms with E-state index in [2.05, 4.69) is 122 Å². The van der Waals surface area contributed by atoms with Crippen molar-refractivity contribution in [1.29, 1.82) is 0 Å². The van der Waals surface area contributed by atoms with Crippen LogP contribution in [0.2, 0.25) is 0 Å². The first-order valence-electron chi connectivity index (χ1n) is 12.9. The second kappa shape index (κ2) is 8.57. The minimum Gasteiger partial charge on any atom is -0.332 e. The molecule has 0 saturated heterocycles. The molecule has 0 amide bonds. The van der Waals surface area contributed by atoms with Crippen LogP contribution in [0.25, 0.3) is 27.5 Å². The topological polar surface area (TPSA) is 8.17 Å². The summed E-state index contributed by atoms with van der Waals surface area (Å²) in [6.07, 6.45) is 15.3. The molecule has 2 heterocycles. The minimum absolute atomic E-state index is 0.554. The summed E-state index contributed by atoms with van der Waals surface area (Å²) in [5.41, 5.74) is 6.72. The van der Waals surface area contributed by atoms with Crippen LogP contribution in [0.1, 0.15) is 43.6 Å². The van der Waals surface area contributed by atoms with E-state index in [1.165, 1.54) is 62.6 Å². The largest absolute Gasteiger partial charge is 0.332 e. The molecule has 3 aliphatic rings. The van der Waals surface area contributed by atoms with Crippen LogP contribution in [-0.2, 0) is 0 Å². The third-order valence-corrected chi connectivity index (χ3v) is 8.86. The molecule has 1 fully saturated rings. The van der Waals surface area contributed by atoms with Gasteiger partial charge in [0, 0.05) is 34.1 Å². The Balaban J connectivity index is 1.24. The molecule has 2 aliphatic carbocycles. The van der Waals surface area contributed by atoms with Crippen LogP contribution in [0.3, 0.4) is 0 Å². The SMILES string of the molecule is BrC1=CC2CC(c3ccc4c(c3)c3ccccc3n4C3=CCCC=C3)CCC2N1c1ccccc1. The second-order valence-corrected chi connectivity index (χ2v) is 11.0. The maximum atomic E-state index is 3.88. The van der Waals surface area contributed by atoms with Crippen molar-refractivity contribution in [2.45, 2.75) is 44.1 Å². The highest BCUT2D eigenvalue weighted by atomic mass is 79.9. The maximum Gasteiger partial charge on any atom is 0.0816 e. The molecule has 7 rings (SSSR count). The number of allylic oxidation sites excluding steroid dienone is 4. The number of benzene rings is 3. The molecule has 3 unspecified atom stereocenters. The third-order valence-electron chi connectivity index (χ3n) is 8.21. The number of fused-ring (bicyclic) bond motifs is 4. The van der Waals surface area contributed by atoms with Crippen molar-refractivity contribution in [3.05, 3.63) is 107 Å². The first-order valence-corrected chi connectivity index (χ1v) is 13.7. The zero-order valence-electron chi connectivity index (χ0n) is 19.8. The highest BCUT2D eigenvalue weighted by Gasteiger charge is 2.39. The van der Waals surface area contributed by atoms with E-state index >= 15 is 0 Å². The van der Waals surface area contributed by atoms with E-state index in [0.29, 0.717) is 17.9 Å². The van der Waals surface area contributed by atoms with Crippen molar-refractivity contribution in [2.75, 3.05) is 4.90 Å². The fourth-order valence-corrected chi connectivity index (χ4v) is 7.41. The molecule has 1 saturated carbocycles. The Morgan fingerprint density at radius 1 is 0.800 bits per heavy atom. The minimum atomic E-state index is 0.554. The molecule has 3 aromatic carbocycles. The molecular weight excluding hydrogens is 492 g/mol. The molecule has 35 heavy (non-hydrogen) atoms. The Morgan fingerprint density at radius 2 is 1.63 bits per heavy atom. The lowest BCUT2D eigenvalue weighted by atomic mass is 9.75. The summed E-state index contributed by atoms with van der Waals surface area (Å²) in [5.74, 6) is 1.18. The monoisotopic (exact) mass is 520 g/mol. The van der Waals surface area contributed by atoms with Gasteiger partial charge in [-0.05, 0) is 102 Å². The first kappa shape index (κ1) is 21.3. The molecule has 3 heteroatoms. The van der Waals surface area contributed by atoms with Gasteiger partial charge < -0.3 is 9.47 Å². The highest BCUT2D eigenvalue weighted by molar-refractivity contribution is 9.11. The number of para-hydroxylation sites is 2. The molecule has 0 N–H and O–H groups in total. The molecule has 3 atom stereocenters. The third kappa shape index (κ3) is 3.51. The lowest BCUT2D eigenvalue weighted by molar-refractivity contribution is 0.336. The Morgan fingerprint density at radius 3 is 2.49 bits per heavy atom. The molecule has 2 nitrogen and oxygen atoms in total. The zero-order valence-corrected chi connectivity index (χ0v) is 21.4. The van der Waals surface area contributed by atoms with Crippen molar-refractivity contribution in [3.63, 3.8) is 0 Å². The Hall–Kier alpha value is -3.04. The quantitative estimate of drug-likeness (QED) is 0.244. The Kier molecular flexibility index (Phi) is 5.20. The van der Waals surface area contributed by atoms with Crippen molar-refractivity contribution in [2.24, 2.45) is 5.92 Å². The molecule has 1 aromatic heterocycles. The fourth-order valence-electron chi connectivity index (χ4n) is 6.60. The van der Waals surface area contributed by atoms with Crippen molar-refractivity contribution >= 4 is 49.1 Å². The lowest BCUT2D eigenvalue weighted by Gasteiger charge is -2.37. The number of halogens is 1. The highest BCUT2D eigenvalue weighted by Crippen LogP contribution is 2.47. The van der Waals surface area contributed by atoms with Crippen LogP contribution in [0.15, 0.2) is 102 Å². The first-order chi connectivity index (χ1) is 17.3. The van der Waals surface area contributed by atoms with E-state index < -0.39 is 0 Å². The molecular formula is C32H29BrN2. The van der Waals surface area contributed by atoms with Gasteiger partial charge in [0.05, 0.1) is 15.6 Å². The molecule has 1 aliphatic heterocycles. The number of hydrogen-bond acceptors (Lipinski definition) is 1. The van der Waals surface area contributed by atoms with Crippen LogP contribution in [-0.4, -0.2) is 10.6 Å². The summed E-state index contributed by atoms with van der Waals surface area (Å²) in [6.45, 7) is 0. The van der Waals surface area contributed by atoms with Crippen LogP contribution in [0.5, 0.6) is 0 Å². The Bertz CT molecular complexity index is 1510. The van der Waals surface area contributed by atoms with Gasteiger partial charge in [0.2, 0.25) is 0 Å². The van der Waals surface area contributed by atoms with Gasteiger partial charge in [0.15, 0.2) is 0 Å². The Labute approximate surface area is 215 Å². The molecule has 4 aromatic rings. The normalized spacial score (nSPS) is 24.0. The second-order valence-electron chi connectivity index (χ2n) is 10.2. The summed E-state index contributed by atoms with van der Waals surface area (Å²) in [6, 6.07) is 27.5. The van der Waals surface area contributed by atoms with E-state index in [4.69, 9.17) is 0 Å². The number of anilines is 1. The lowest BCUT2D eigenvalue weighted by Crippen LogP contribution is -2.37. The molecule has 0 bridgehead atoms. The van der Waals surface area contributed by atoms with Crippen molar-refractivity contribution in [3.8, 4) is 0 Å². The summed E-state index contributed by atoms with van der Waals surface area (Å²) in [7, 11) is 0. The van der Waals surface area contributed by atoms with Gasteiger partial charge in [-0.3, -0.25) is 0 Å². The van der Waals surface area contributed by atoms with Gasteiger partial charge >= 0.3 is 0 Å². The predicted octanol–water partition coefficient (Wildman–Crippen LogP) is 8.99. The summed E-state index contributed by atoms with van der Waals surface area (Å²) in [5, 5.41) is 2.74. The van der Waals surface area contributed by atoms with Gasteiger partial charge in [-0.1, -0.05) is 54.6 Å². The van der Waals surface area contributed by atoms with Crippen LogP contribution < -0.4 is 4.90 Å². The number of aromatic nitrogens is 1. The van der Waals surface area contributed by atoms with Crippen LogP contribution in [0, 0.1) is 5.92 Å². The smallest absolute Gasteiger partial charge is 0.0816 e. The van der Waals surface area contributed by atoms with Crippen molar-refractivity contribution < 1.29 is 0 Å². The van der Waals surface area contributed by atoms with E-state index in [-0.39, 0.29) is 0 Å². The van der Waals surface area contributed by atoms with Crippen LogP contribution in [0.4, 0.5) is 5.69 Å². The van der Waals surface area contributed by atoms with Gasteiger partial charge in [-0.25, -0.2) is 0 Å². The number of rotatable bonds is 3. The van der Waals surface area contributed by atoms with E-state index in [0.717, 1.165) is 12.8 Å². The van der Waals surface area contributed by atoms with Gasteiger partial charge in [0.25, 0.3) is 0 Å².